The number of amides is 2. The molecular formula is C21H20BCl2N5O3. The first kappa shape index (κ1) is 22.3. The number of benzene rings is 1. The number of hydrogen-bond donors (Lipinski definition) is 1. The molecule has 1 N–H and O–H groups in total. The number of aliphatic hydroxyl groups is 1. The van der Waals surface area contributed by atoms with Crippen molar-refractivity contribution in [2.45, 2.75) is 13.0 Å². The number of nitrogens with zero attached hydrogens (tertiary/aromatic N) is 5. The quantitative estimate of drug-likeness (QED) is 0.535. The molecule has 0 aliphatic carbocycles. The van der Waals surface area contributed by atoms with E-state index in [1.165, 1.54) is 9.80 Å². The molecule has 2 aromatic heterocycles. The summed E-state index contributed by atoms with van der Waals surface area (Å²) < 4.78 is 7.87. The minimum atomic E-state index is -0.278. The summed E-state index contributed by atoms with van der Waals surface area (Å²) in [5, 5.41) is 10.3. The van der Waals surface area contributed by atoms with Gasteiger partial charge < -0.3 is 0 Å². The van der Waals surface area contributed by atoms with Crippen LogP contribution in [0.5, 0.6) is 11.8 Å². The van der Waals surface area contributed by atoms with E-state index in [1.807, 2.05) is 10.6 Å². The molecule has 11 heteroatoms. The van der Waals surface area contributed by atoms with Gasteiger partial charge in [0, 0.05) is 0 Å². The molecule has 32 heavy (non-hydrogen) atoms. The summed E-state index contributed by atoms with van der Waals surface area (Å²) in [6.07, 6.45) is 1.99. The van der Waals surface area contributed by atoms with E-state index in [-0.39, 0.29) is 18.6 Å². The zero-order valence-corrected chi connectivity index (χ0v) is 18.8. The van der Waals surface area contributed by atoms with E-state index < -0.39 is 0 Å². The third-order valence-corrected chi connectivity index (χ3v) is 5.46. The van der Waals surface area contributed by atoms with Gasteiger partial charge in [-0.3, -0.25) is 0 Å². The number of fused-ring (bicyclic) bond motifs is 1. The van der Waals surface area contributed by atoms with Gasteiger partial charge >= 0.3 is 196 Å². The molecule has 164 valence electrons. The zero-order chi connectivity index (χ0) is 22.8. The van der Waals surface area contributed by atoms with Crippen LogP contribution in [-0.2, 0) is 6.54 Å². The first-order valence-corrected chi connectivity index (χ1v) is 10.6. The normalized spacial score (nSPS) is 13.5. The van der Waals surface area contributed by atoms with Gasteiger partial charge in [-0.05, 0) is 0 Å². The summed E-state index contributed by atoms with van der Waals surface area (Å²) in [6.45, 7) is 0.599. The van der Waals surface area contributed by atoms with Crippen LogP contribution in [0, 0.1) is 0 Å². The summed E-state index contributed by atoms with van der Waals surface area (Å²) in [5.74, 6) is 0.924. The van der Waals surface area contributed by atoms with Crippen molar-refractivity contribution >= 4 is 48.1 Å². The number of anilines is 1. The fourth-order valence-corrected chi connectivity index (χ4v) is 3.73. The van der Waals surface area contributed by atoms with Gasteiger partial charge in [0.15, 0.2) is 0 Å². The predicted molar refractivity (Wildman–Crippen MR) is 126 cm³/mol. The zero-order valence-electron chi connectivity index (χ0n) is 17.3. The number of imidazole rings is 1. The Kier molecular flexibility index (Phi) is 6.50. The number of urea groups is 1. The van der Waals surface area contributed by atoms with Crippen LogP contribution < -0.4 is 9.64 Å². The molecule has 0 saturated heterocycles. The van der Waals surface area contributed by atoms with E-state index in [0.29, 0.717) is 52.4 Å². The van der Waals surface area contributed by atoms with Crippen molar-refractivity contribution in [1.29, 1.82) is 0 Å². The van der Waals surface area contributed by atoms with Crippen LogP contribution in [0.2, 0.25) is 10.0 Å². The van der Waals surface area contributed by atoms with E-state index in [1.54, 1.807) is 43.6 Å². The Morgan fingerprint density at radius 3 is 2.69 bits per heavy atom. The predicted octanol–water partition coefficient (Wildman–Crippen LogP) is 3.06. The van der Waals surface area contributed by atoms with Gasteiger partial charge in [-0.15, -0.1) is 0 Å². The average Bonchev–Trinajstić information content (AvgIpc) is 3.12. The van der Waals surface area contributed by atoms with E-state index >= 15 is 0 Å². The molecule has 0 atom stereocenters. The summed E-state index contributed by atoms with van der Waals surface area (Å²) in [4.78, 5) is 24.8. The van der Waals surface area contributed by atoms with Crippen molar-refractivity contribution in [3.8, 4) is 11.8 Å². The molecule has 0 fully saturated rings. The maximum atomic E-state index is 12.9. The topological polar surface area (TPSA) is 83.7 Å². The van der Waals surface area contributed by atoms with Crippen LogP contribution in [0.3, 0.4) is 0 Å². The molecule has 1 aliphatic rings. The molecule has 1 aromatic carbocycles. The Labute approximate surface area is 196 Å². The number of ether oxygens (including phenoxy) is 1. The Morgan fingerprint density at radius 1 is 1.19 bits per heavy atom. The van der Waals surface area contributed by atoms with E-state index in [0.717, 1.165) is 5.69 Å². The number of hydrogen-bond acceptors (Lipinski definition) is 5. The van der Waals surface area contributed by atoms with Crippen molar-refractivity contribution in [2.75, 3.05) is 25.1 Å². The molecule has 0 bridgehead atoms. The number of aromatic nitrogens is 3. The molecule has 2 amide bonds. The second-order valence-electron chi connectivity index (χ2n) is 7.20. The standard InChI is InChI=1S/C21H20BCl2N5O3/c1-27-19-17(18(22)28(21(27)31)8-3-9-30)29(12-15-7-6-14(24)11-25-15)20(26-19)32-16-5-2-4-13(23)10-16/h2,4-7,10-11,22,30H,3,8-9,12H2,1H3. The first-order valence-electron chi connectivity index (χ1n) is 9.88. The van der Waals surface area contributed by atoms with Gasteiger partial charge in [-0.25, -0.2) is 0 Å². The van der Waals surface area contributed by atoms with Gasteiger partial charge in [-0.1, -0.05) is 0 Å². The third-order valence-electron chi connectivity index (χ3n) is 5.00. The number of aliphatic hydroxyl groups excluding tert-OH is 1. The summed E-state index contributed by atoms with van der Waals surface area (Å²) in [6, 6.07) is 10.5. The average molecular weight is 472 g/mol. The van der Waals surface area contributed by atoms with Gasteiger partial charge in [0.25, 0.3) is 0 Å². The molecule has 8 nitrogen and oxygen atoms in total. The summed E-state index contributed by atoms with van der Waals surface area (Å²) in [5.41, 5.74) is 1.82. The number of halogens is 2. The molecular weight excluding hydrogens is 452 g/mol. The van der Waals surface area contributed by atoms with Crippen LogP contribution >= 0.6 is 23.2 Å². The van der Waals surface area contributed by atoms with Crippen molar-refractivity contribution in [2.24, 2.45) is 0 Å². The fourth-order valence-electron chi connectivity index (χ4n) is 3.44. The Balaban J connectivity index is 1.81. The Morgan fingerprint density at radius 2 is 2.00 bits per heavy atom. The van der Waals surface area contributed by atoms with Crippen LogP contribution in [0.25, 0.3) is 0 Å². The number of carbonyl (C=O) groups excluding carboxylic acids is 1. The van der Waals surface area contributed by atoms with Crippen LogP contribution in [0.4, 0.5) is 10.6 Å². The van der Waals surface area contributed by atoms with Crippen LogP contribution in [0.1, 0.15) is 17.8 Å². The third kappa shape index (κ3) is 4.37. The van der Waals surface area contributed by atoms with Crippen LogP contribution in [0.15, 0.2) is 42.6 Å². The van der Waals surface area contributed by atoms with Crippen molar-refractivity contribution in [3.63, 3.8) is 0 Å². The van der Waals surface area contributed by atoms with Crippen molar-refractivity contribution < 1.29 is 14.6 Å². The number of rotatable bonds is 7. The van der Waals surface area contributed by atoms with Gasteiger partial charge in [0.1, 0.15) is 0 Å². The molecule has 0 spiro atoms. The molecule has 0 saturated carbocycles. The Bertz CT molecular complexity index is 1170. The number of pyridine rings is 1. The molecule has 4 rings (SSSR count). The molecule has 1 aliphatic heterocycles. The van der Waals surface area contributed by atoms with Gasteiger partial charge in [-0.2, -0.15) is 0 Å². The molecule has 3 aromatic rings. The van der Waals surface area contributed by atoms with Crippen molar-refractivity contribution in [3.05, 3.63) is 64.0 Å². The van der Waals surface area contributed by atoms with E-state index in [2.05, 4.69) is 17.5 Å². The van der Waals surface area contributed by atoms with Crippen molar-refractivity contribution in [1.82, 2.24) is 19.4 Å². The maximum absolute atomic E-state index is 12.9. The molecule has 0 unspecified atom stereocenters. The van der Waals surface area contributed by atoms with Gasteiger partial charge in [0.05, 0.1) is 0 Å². The van der Waals surface area contributed by atoms with Gasteiger partial charge in [0.2, 0.25) is 0 Å². The Hall–Kier alpha value is -2.88. The molecule has 3 heterocycles. The first-order chi connectivity index (χ1) is 15.4. The fraction of sp³-hybridized carbons (Fsp3) is 0.238. The number of carbonyl (C=O) groups is 1. The minimum absolute atomic E-state index is 0.0370. The van der Waals surface area contributed by atoms with Crippen LogP contribution in [-0.4, -0.2) is 63.8 Å². The molecule has 0 radical (unpaired) electrons. The monoisotopic (exact) mass is 471 g/mol. The second kappa shape index (κ2) is 9.32. The summed E-state index contributed by atoms with van der Waals surface area (Å²) >= 11 is 12.1. The second-order valence-corrected chi connectivity index (χ2v) is 8.07. The SMILES string of the molecule is B=C1c2c(nc(Oc3cccc(Cl)c3)n2Cc2ccc(Cl)cn2)N(C)C(=O)N1CCCO. The van der Waals surface area contributed by atoms with E-state index in [9.17, 15) is 9.90 Å². The van der Waals surface area contributed by atoms with E-state index in [4.69, 9.17) is 27.9 Å². The summed E-state index contributed by atoms with van der Waals surface area (Å²) in [7, 11) is 5.78.